The number of hydrogen-bond donors (Lipinski definition) is 0. The number of carbonyl (C=O) groups is 2. The average Bonchev–Trinajstić information content (AvgIpc) is 3.09. The largest absolute Gasteiger partial charge is 0.454 e. The van der Waals surface area contributed by atoms with E-state index < -0.39 is 22.6 Å². The first kappa shape index (κ1) is 25.1. The van der Waals surface area contributed by atoms with Crippen LogP contribution in [0.5, 0.6) is 0 Å². The van der Waals surface area contributed by atoms with Gasteiger partial charge in [-0.1, -0.05) is 12.5 Å². The molecule has 33 heavy (non-hydrogen) atoms. The maximum absolute atomic E-state index is 13.0. The van der Waals surface area contributed by atoms with E-state index in [1.807, 2.05) is 18.4 Å². The van der Waals surface area contributed by atoms with Gasteiger partial charge in [0.25, 0.3) is 0 Å². The molecular formula is C24H32N2O6S. The Bertz CT molecular complexity index is 1130. The Balaban J connectivity index is 1.73. The van der Waals surface area contributed by atoms with Gasteiger partial charge in [0.05, 0.1) is 17.1 Å². The van der Waals surface area contributed by atoms with Crippen LogP contribution in [0, 0.1) is 20.8 Å². The predicted molar refractivity (Wildman–Crippen MR) is 124 cm³/mol. The minimum Gasteiger partial charge on any atom is -0.454 e. The number of aryl methyl sites for hydroxylation is 2. The molecule has 1 saturated heterocycles. The number of benzene rings is 1. The van der Waals surface area contributed by atoms with E-state index in [9.17, 15) is 18.0 Å². The Kier molecular flexibility index (Phi) is 8.10. The lowest BCUT2D eigenvalue weighted by Gasteiger charge is -2.26. The zero-order chi connectivity index (χ0) is 24.2. The summed E-state index contributed by atoms with van der Waals surface area (Å²) in [5.41, 5.74) is 2.94. The minimum atomic E-state index is -3.68. The number of piperidine rings is 1. The van der Waals surface area contributed by atoms with Crippen LogP contribution < -0.4 is 0 Å². The van der Waals surface area contributed by atoms with Crippen LogP contribution in [0.4, 0.5) is 0 Å². The lowest BCUT2D eigenvalue weighted by molar-refractivity contribution is 0.0473. The second-order valence-corrected chi connectivity index (χ2v) is 10.3. The molecule has 3 rings (SSSR count). The molecule has 0 unspecified atom stereocenters. The molecule has 0 spiro atoms. The first-order chi connectivity index (χ1) is 15.7. The number of esters is 1. The molecule has 2 aromatic rings. The summed E-state index contributed by atoms with van der Waals surface area (Å²) in [4.78, 5) is 25.5. The van der Waals surface area contributed by atoms with Gasteiger partial charge in [-0.05, 0) is 57.4 Å². The second-order valence-electron chi connectivity index (χ2n) is 8.37. The first-order valence-electron chi connectivity index (χ1n) is 11.1. The SMILES string of the molecule is COCCn1c(C)cc(C(=O)COC(=O)c2cc(S(=O)(=O)N3CCCCC3)ccc2C)c1C. The van der Waals surface area contributed by atoms with Crippen molar-refractivity contribution in [3.8, 4) is 0 Å². The number of sulfonamides is 1. The fraction of sp³-hybridized carbons (Fsp3) is 0.500. The third-order valence-electron chi connectivity index (χ3n) is 6.11. The van der Waals surface area contributed by atoms with Crippen LogP contribution in [0.2, 0.25) is 0 Å². The highest BCUT2D eigenvalue weighted by atomic mass is 32.2. The molecule has 0 atom stereocenters. The van der Waals surface area contributed by atoms with Crippen LogP contribution in [0.25, 0.3) is 0 Å². The van der Waals surface area contributed by atoms with Crippen molar-refractivity contribution in [2.45, 2.75) is 51.5 Å². The van der Waals surface area contributed by atoms with Crippen LogP contribution in [-0.2, 0) is 26.0 Å². The fourth-order valence-electron chi connectivity index (χ4n) is 4.13. The molecule has 0 N–H and O–H groups in total. The van der Waals surface area contributed by atoms with E-state index in [4.69, 9.17) is 9.47 Å². The lowest BCUT2D eigenvalue weighted by atomic mass is 10.1. The molecule has 1 fully saturated rings. The molecule has 2 heterocycles. The number of carbonyl (C=O) groups excluding carboxylic acids is 2. The van der Waals surface area contributed by atoms with E-state index in [1.165, 1.54) is 16.4 Å². The van der Waals surface area contributed by atoms with Crippen LogP contribution in [0.15, 0.2) is 29.2 Å². The van der Waals surface area contributed by atoms with E-state index in [0.29, 0.717) is 37.4 Å². The number of nitrogens with zero attached hydrogens (tertiary/aromatic N) is 2. The summed E-state index contributed by atoms with van der Waals surface area (Å²) in [6.07, 6.45) is 2.67. The summed E-state index contributed by atoms with van der Waals surface area (Å²) in [6.45, 7) is 7.14. The molecule has 8 nitrogen and oxygen atoms in total. The summed E-state index contributed by atoms with van der Waals surface area (Å²) in [6, 6.07) is 6.23. The Morgan fingerprint density at radius 2 is 1.70 bits per heavy atom. The quantitative estimate of drug-likeness (QED) is 0.407. The number of rotatable bonds is 9. The number of hydrogen-bond acceptors (Lipinski definition) is 6. The number of Topliss-reactive ketones (excluding diaryl/α,β-unsaturated/α-hetero) is 1. The standard InChI is InChI=1S/C24H32N2O6S/c1-17-8-9-20(33(29,30)25-10-6-5-7-11-25)15-21(17)24(28)32-16-23(27)22-14-18(2)26(19(22)3)12-13-31-4/h8-9,14-15H,5-7,10-13,16H2,1-4H3. The van der Waals surface area contributed by atoms with Crippen molar-refractivity contribution in [2.75, 3.05) is 33.4 Å². The zero-order valence-electron chi connectivity index (χ0n) is 19.7. The smallest absolute Gasteiger partial charge is 0.338 e. The van der Waals surface area contributed by atoms with E-state index in [1.54, 1.807) is 26.2 Å². The third kappa shape index (κ3) is 5.54. The van der Waals surface area contributed by atoms with Crippen LogP contribution in [-0.4, -0.2) is 62.5 Å². The maximum Gasteiger partial charge on any atom is 0.338 e. The van der Waals surface area contributed by atoms with Crippen molar-refractivity contribution < 1.29 is 27.5 Å². The molecule has 1 aliphatic rings. The Morgan fingerprint density at radius 1 is 1.00 bits per heavy atom. The van der Waals surface area contributed by atoms with Crippen LogP contribution in [0.3, 0.4) is 0 Å². The Morgan fingerprint density at radius 3 is 2.36 bits per heavy atom. The molecule has 9 heteroatoms. The van der Waals surface area contributed by atoms with E-state index in [2.05, 4.69) is 0 Å². The molecule has 0 amide bonds. The van der Waals surface area contributed by atoms with Gasteiger partial charge in [-0.3, -0.25) is 4.79 Å². The molecule has 1 aliphatic heterocycles. The molecule has 1 aromatic carbocycles. The molecule has 1 aromatic heterocycles. The highest BCUT2D eigenvalue weighted by Crippen LogP contribution is 2.23. The van der Waals surface area contributed by atoms with Gasteiger partial charge in [-0.2, -0.15) is 4.31 Å². The minimum absolute atomic E-state index is 0.0648. The van der Waals surface area contributed by atoms with Gasteiger partial charge in [-0.15, -0.1) is 0 Å². The van der Waals surface area contributed by atoms with Crippen molar-refractivity contribution >= 4 is 21.8 Å². The Labute approximate surface area is 195 Å². The molecule has 0 aliphatic carbocycles. The summed E-state index contributed by atoms with van der Waals surface area (Å²) in [5.74, 6) is -1.03. The van der Waals surface area contributed by atoms with Crippen molar-refractivity contribution in [3.63, 3.8) is 0 Å². The molecule has 0 radical (unpaired) electrons. The third-order valence-corrected chi connectivity index (χ3v) is 8.00. The summed E-state index contributed by atoms with van der Waals surface area (Å²) in [7, 11) is -2.06. The first-order valence-corrected chi connectivity index (χ1v) is 12.6. The van der Waals surface area contributed by atoms with Gasteiger partial charge in [0.1, 0.15) is 0 Å². The highest BCUT2D eigenvalue weighted by Gasteiger charge is 2.27. The summed E-state index contributed by atoms with van der Waals surface area (Å²) < 4.78 is 39.8. The average molecular weight is 477 g/mol. The van der Waals surface area contributed by atoms with Gasteiger partial charge in [0.15, 0.2) is 6.61 Å². The second kappa shape index (κ2) is 10.6. The fourth-order valence-corrected chi connectivity index (χ4v) is 5.68. The number of ether oxygens (including phenoxy) is 2. The molecule has 0 saturated carbocycles. The van der Waals surface area contributed by atoms with Crippen molar-refractivity contribution in [3.05, 3.63) is 52.3 Å². The number of ketones is 1. The van der Waals surface area contributed by atoms with Crippen molar-refractivity contribution in [1.29, 1.82) is 0 Å². The molecule has 180 valence electrons. The molecule has 0 bridgehead atoms. The van der Waals surface area contributed by atoms with Crippen LogP contribution in [0.1, 0.15) is 56.9 Å². The summed E-state index contributed by atoms with van der Waals surface area (Å²) in [5, 5.41) is 0. The zero-order valence-corrected chi connectivity index (χ0v) is 20.5. The van der Waals surface area contributed by atoms with Gasteiger partial charge in [0, 0.05) is 43.7 Å². The van der Waals surface area contributed by atoms with E-state index in [-0.39, 0.29) is 16.2 Å². The maximum atomic E-state index is 13.0. The normalized spacial score (nSPS) is 14.9. The van der Waals surface area contributed by atoms with Gasteiger partial charge in [0.2, 0.25) is 15.8 Å². The van der Waals surface area contributed by atoms with Crippen molar-refractivity contribution in [2.24, 2.45) is 0 Å². The topological polar surface area (TPSA) is 94.9 Å². The summed E-state index contributed by atoms with van der Waals surface area (Å²) >= 11 is 0. The highest BCUT2D eigenvalue weighted by molar-refractivity contribution is 7.89. The van der Waals surface area contributed by atoms with Gasteiger partial charge < -0.3 is 14.0 Å². The van der Waals surface area contributed by atoms with E-state index in [0.717, 1.165) is 30.7 Å². The Hall–Kier alpha value is -2.49. The van der Waals surface area contributed by atoms with Crippen LogP contribution >= 0.6 is 0 Å². The van der Waals surface area contributed by atoms with Gasteiger partial charge >= 0.3 is 5.97 Å². The molecular weight excluding hydrogens is 444 g/mol. The number of aromatic nitrogens is 1. The van der Waals surface area contributed by atoms with E-state index >= 15 is 0 Å². The van der Waals surface area contributed by atoms with Gasteiger partial charge in [-0.25, -0.2) is 13.2 Å². The number of methoxy groups -OCH3 is 1. The lowest BCUT2D eigenvalue weighted by Crippen LogP contribution is -2.35. The van der Waals surface area contributed by atoms with Crippen molar-refractivity contribution in [1.82, 2.24) is 8.87 Å². The monoisotopic (exact) mass is 476 g/mol. The predicted octanol–water partition coefficient (Wildman–Crippen LogP) is 3.27.